The van der Waals surface area contributed by atoms with E-state index in [0.29, 0.717) is 13.0 Å². The third-order valence-electron chi connectivity index (χ3n) is 1.92. The quantitative estimate of drug-likeness (QED) is 0.647. The molecule has 0 fully saturated rings. The Morgan fingerprint density at radius 3 is 2.20 bits per heavy atom. The molecule has 0 N–H and O–H groups in total. The number of nitrogens with zero attached hydrogens (tertiary/aromatic N) is 1. The summed E-state index contributed by atoms with van der Waals surface area (Å²) in [6.45, 7) is 3.97. The van der Waals surface area contributed by atoms with E-state index >= 15 is 0 Å². The minimum Gasteiger partial charge on any atom is -0.381 e. The lowest BCUT2D eigenvalue weighted by Crippen LogP contribution is -2.13. The fraction of sp³-hybridized carbons (Fsp3) is 0.900. The highest BCUT2D eigenvalue weighted by atomic mass is 19.4. The van der Waals surface area contributed by atoms with Gasteiger partial charge in [-0.1, -0.05) is 0 Å². The van der Waals surface area contributed by atoms with Gasteiger partial charge in [-0.25, -0.2) is 0 Å². The highest BCUT2D eigenvalue weighted by Gasteiger charge is 2.26. The molecule has 0 aliphatic heterocycles. The van der Waals surface area contributed by atoms with Crippen molar-refractivity contribution in [1.29, 1.82) is 5.26 Å². The molecule has 88 valence electrons. The second kappa shape index (κ2) is 5.96. The van der Waals surface area contributed by atoms with E-state index < -0.39 is 18.0 Å². The molecule has 0 unspecified atom stereocenters. The normalized spacial score (nSPS) is 12.5. The Hall–Kier alpha value is -0.760. The molecule has 0 aliphatic rings. The molecule has 2 nitrogen and oxygen atoms in total. The van der Waals surface area contributed by atoms with Crippen LogP contribution in [-0.2, 0) is 4.74 Å². The SMILES string of the molecule is CC(C)(C#N)CCOCCCC(F)(F)F. The van der Waals surface area contributed by atoms with Crippen LogP contribution < -0.4 is 0 Å². The number of ether oxygens (including phenoxy) is 1. The van der Waals surface area contributed by atoms with E-state index in [9.17, 15) is 13.2 Å². The number of nitriles is 1. The van der Waals surface area contributed by atoms with E-state index in [0.717, 1.165) is 0 Å². The van der Waals surface area contributed by atoms with Gasteiger partial charge in [0.1, 0.15) is 0 Å². The van der Waals surface area contributed by atoms with Crippen molar-refractivity contribution >= 4 is 0 Å². The highest BCUT2D eigenvalue weighted by Crippen LogP contribution is 2.21. The molecule has 0 saturated heterocycles. The molecule has 0 spiro atoms. The van der Waals surface area contributed by atoms with Gasteiger partial charge in [-0.15, -0.1) is 0 Å². The summed E-state index contributed by atoms with van der Waals surface area (Å²) in [5, 5.41) is 8.65. The van der Waals surface area contributed by atoms with Crippen LogP contribution in [0.2, 0.25) is 0 Å². The lowest BCUT2D eigenvalue weighted by Gasteiger charge is -2.14. The number of hydrogen-bond donors (Lipinski definition) is 0. The Kier molecular flexibility index (Phi) is 5.66. The second-order valence-electron chi connectivity index (χ2n) is 4.08. The van der Waals surface area contributed by atoms with Crippen LogP contribution in [-0.4, -0.2) is 19.4 Å². The van der Waals surface area contributed by atoms with Crippen molar-refractivity contribution in [2.24, 2.45) is 5.41 Å². The van der Waals surface area contributed by atoms with Crippen LogP contribution in [0.1, 0.15) is 33.1 Å². The molecule has 5 heteroatoms. The van der Waals surface area contributed by atoms with Gasteiger partial charge >= 0.3 is 6.18 Å². The van der Waals surface area contributed by atoms with E-state index in [2.05, 4.69) is 6.07 Å². The van der Waals surface area contributed by atoms with Crippen molar-refractivity contribution in [3.8, 4) is 6.07 Å². The molecule has 0 aromatic carbocycles. The maximum absolute atomic E-state index is 11.7. The molecular formula is C10H16F3NO. The van der Waals surface area contributed by atoms with Crippen LogP contribution in [0.5, 0.6) is 0 Å². The Morgan fingerprint density at radius 2 is 1.73 bits per heavy atom. The first-order chi connectivity index (χ1) is 6.77. The van der Waals surface area contributed by atoms with Crippen molar-refractivity contribution in [3.05, 3.63) is 0 Å². The van der Waals surface area contributed by atoms with Crippen LogP contribution >= 0.6 is 0 Å². The molecule has 0 aliphatic carbocycles. The number of halogens is 3. The Morgan fingerprint density at radius 1 is 1.13 bits per heavy atom. The predicted molar refractivity (Wildman–Crippen MR) is 50.1 cm³/mol. The largest absolute Gasteiger partial charge is 0.389 e. The van der Waals surface area contributed by atoms with Crippen molar-refractivity contribution < 1.29 is 17.9 Å². The molecule has 0 saturated carbocycles. The van der Waals surface area contributed by atoms with Gasteiger partial charge in [0, 0.05) is 19.6 Å². The highest BCUT2D eigenvalue weighted by molar-refractivity contribution is 4.91. The Balaban J connectivity index is 3.38. The maximum atomic E-state index is 11.7. The molecule has 0 rings (SSSR count). The first kappa shape index (κ1) is 14.2. The third kappa shape index (κ3) is 9.54. The molecule has 0 aromatic heterocycles. The molecule has 15 heavy (non-hydrogen) atoms. The minimum atomic E-state index is -4.10. The van der Waals surface area contributed by atoms with Crippen LogP contribution in [0.25, 0.3) is 0 Å². The van der Waals surface area contributed by atoms with E-state index in [4.69, 9.17) is 10.00 Å². The van der Waals surface area contributed by atoms with Gasteiger partial charge in [0.25, 0.3) is 0 Å². The zero-order valence-corrected chi connectivity index (χ0v) is 9.02. The maximum Gasteiger partial charge on any atom is 0.389 e. The summed E-state index contributed by atoms with van der Waals surface area (Å²) < 4.78 is 40.1. The fourth-order valence-corrected chi connectivity index (χ4v) is 0.860. The van der Waals surface area contributed by atoms with E-state index in [1.165, 1.54) is 0 Å². The molecular weight excluding hydrogens is 207 g/mol. The molecule has 0 aromatic rings. The lowest BCUT2D eigenvalue weighted by molar-refractivity contribution is -0.138. The number of rotatable bonds is 6. The molecule has 0 atom stereocenters. The van der Waals surface area contributed by atoms with Crippen LogP contribution in [0, 0.1) is 16.7 Å². The van der Waals surface area contributed by atoms with Gasteiger partial charge in [0.2, 0.25) is 0 Å². The average molecular weight is 223 g/mol. The molecule has 0 heterocycles. The van der Waals surface area contributed by atoms with Crippen LogP contribution in [0.15, 0.2) is 0 Å². The fourth-order valence-electron chi connectivity index (χ4n) is 0.860. The summed E-state index contributed by atoms with van der Waals surface area (Å²) in [4.78, 5) is 0. The van der Waals surface area contributed by atoms with Crippen molar-refractivity contribution in [2.75, 3.05) is 13.2 Å². The number of alkyl halides is 3. The second-order valence-corrected chi connectivity index (χ2v) is 4.08. The Bertz CT molecular complexity index is 218. The van der Waals surface area contributed by atoms with Gasteiger partial charge in [0.05, 0.1) is 11.5 Å². The summed E-state index contributed by atoms with van der Waals surface area (Å²) in [5.41, 5.74) is -0.468. The van der Waals surface area contributed by atoms with Gasteiger partial charge < -0.3 is 4.74 Å². The van der Waals surface area contributed by atoms with Crippen molar-refractivity contribution in [1.82, 2.24) is 0 Å². The molecule has 0 amide bonds. The van der Waals surface area contributed by atoms with Crippen molar-refractivity contribution in [3.63, 3.8) is 0 Å². The third-order valence-corrected chi connectivity index (χ3v) is 1.92. The first-order valence-electron chi connectivity index (χ1n) is 4.83. The smallest absolute Gasteiger partial charge is 0.381 e. The summed E-state index contributed by atoms with van der Waals surface area (Å²) in [6.07, 6.45) is -4.39. The van der Waals surface area contributed by atoms with Crippen LogP contribution in [0.4, 0.5) is 13.2 Å². The topological polar surface area (TPSA) is 33.0 Å². The van der Waals surface area contributed by atoms with E-state index in [1.54, 1.807) is 13.8 Å². The van der Waals surface area contributed by atoms with E-state index in [1.807, 2.05) is 0 Å². The predicted octanol–water partition coefficient (Wildman–Crippen LogP) is 3.29. The van der Waals surface area contributed by atoms with Crippen molar-refractivity contribution in [2.45, 2.75) is 39.3 Å². The summed E-state index contributed by atoms with van der Waals surface area (Å²) in [6, 6.07) is 2.10. The molecule has 0 radical (unpaired) electrons. The minimum absolute atomic E-state index is 0.0174. The zero-order chi connectivity index (χ0) is 11.9. The van der Waals surface area contributed by atoms with E-state index in [-0.39, 0.29) is 13.0 Å². The molecule has 0 bridgehead atoms. The average Bonchev–Trinajstić information content (AvgIpc) is 2.09. The first-order valence-corrected chi connectivity index (χ1v) is 4.83. The van der Waals surface area contributed by atoms with Crippen LogP contribution in [0.3, 0.4) is 0 Å². The Labute approximate surface area is 88.0 Å². The van der Waals surface area contributed by atoms with Gasteiger partial charge in [-0.2, -0.15) is 18.4 Å². The van der Waals surface area contributed by atoms with Gasteiger partial charge in [-0.05, 0) is 26.7 Å². The summed E-state index contributed by atoms with van der Waals surface area (Å²) in [5.74, 6) is 0. The summed E-state index contributed by atoms with van der Waals surface area (Å²) >= 11 is 0. The zero-order valence-electron chi connectivity index (χ0n) is 9.02. The van der Waals surface area contributed by atoms with Gasteiger partial charge in [0.15, 0.2) is 0 Å². The monoisotopic (exact) mass is 223 g/mol. The summed E-state index contributed by atoms with van der Waals surface area (Å²) in [7, 11) is 0. The standard InChI is InChI=1S/C10H16F3NO/c1-9(2,8-14)5-7-15-6-3-4-10(11,12)13/h3-7H2,1-2H3. The number of hydrogen-bond acceptors (Lipinski definition) is 2. The lowest BCUT2D eigenvalue weighted by atomic mass is 9.92. The van der Waals surface area contributed by atoms with Gasteiger partial charge in [-0.3, -0.25) is 0 Å².